The molecule has 0 saturated carbocycles. The van der Waals surface area contributed by atoms with Crippen molar-refractivity contribution in [1.29, 1.82) is 0 Å². The SMILES string of the molecule is CCCCC1=C(OC)C(=O)C(C)=C(CO)C1=O. The maximum atomic E-state index is 12.1. The van der Waals surface area contributed by atoms with Gasteiger partial charge in [-0.05, 0) is 19.8 Å². The number of carbonyl (C=O) groups is 2. The first-order valence-electron chi connectivity index (χ1n) is 5.75. The highest BCUT2D eigenvalue weighted by atomic mass is 16.5. The van der Waals surface area contributed by atoms with Crippen molar-refractivity contribution in [1.82, 2.24) is 0 Å². The number of methoxy groups -OCH3 is 1. The minimum absolute atomic E-state index is 0.137. The van der Waals surface area contributed by atoms with Crippen LogP contribution in [0, 0.1) is 0 Å². The minimum atomic E-state index is -0.400. The summed E-state index contributed by atoms with van der Waals surface area (Å²) in [5.41, 5.74) is 0.880. The highest BCUT2D eigenvalue weighted by Crippen LogP contribution is 2.27. The molecule has 1 aliphatic carbocycles. The van der Waals surface area contributed by atoms with Crippen LogP contribution < -0.4 is 0 Å². The fourth-order valence-electron chi connectivity index (χ4n) is 1.89. The zero-order valence-electron chi connectivity index (χ0n) is 10.5. The van der Waals surface area contributed by atoms with Crippen LogP contribution in [0.5, 0.6) is 0 Å². The van der Waals surface area contributed by atoms with Gasteiger partial charge >= 0.3 is 0 Å². The van der Waals surface area contributed by atoms with Crippen LogP contribution >= 0.6 is 0 Å². The summed E-state index contributed by atoms with van der Waals surface area (Å²) in [7, 11) is 1.39. The van der Waals surface area contributed by atoms with Gasteiger partial charge in [0, 0.05) is 16.7 Å². The summed E-state index contributed by atoms with van der Waals surface area (Å²) in [6, 6.07) is 0. The van der Waals surface area contributed by atoms with Crippen molar-refractivity contribution in [2.45, 2.75) is 33.1 Å². The van der Waals surface area contributed by atoms with Gasteiger partial charge in [-0.15, -0.1) is 0 Å². The molecule has 94 valence electrons. The molecule has 17 heavy (non-hydrogen) atoms. The first kappa shape index (κ1) is 13.6. The molecule has 1 rings (SSSR count). The highest BCUT2D eigenvalue weighted by Gasteiger charge is 2.32. The van der Waals surface area contributed by atoms with E-state index < -0.39 is 6.61 Å². The Morgan fingerprint density at radius 2 is 1.82 bits per heavy atom. The van der Waals surface area contributed by atoms with Gasteiger partial charge in [-0.3, -0.25) is 9.59 Å². The van der Waals surface area contributed by atoms with Crippen LogP contribution in [0.3, 0.4) is 0 Å². The molecule has 0 atom stereocenters. The molecular weight excluding hydrogens is 220 g/mol. The third kappa shape index (κ3) is 2.47. The maximum Gasteiger partial charge on any atom is 0.224 e. The van der Waals surface area contributed by atoms with Crippen LogP contribution in [0.2, 0.25) is 0 Å². The molecule has 0 unspecified atom stereocenters. The van der Waals surface area contributed by atoms with E-state index in [4.69, 9.17) is 9.84 Å². The topological polar surface area (TPSA) is 63.6 Å². The zero-order chi connectivity index (χ0) is 13.0. The van der Waals surface area contributed by atoms with E-state index in [2.05, 4.69) is 0 Å². The Balaban J connectivity index is 3.17. The largest absolute Gasteiger partial charge is 0.492 e. The average Bonchev–Trinajstić information content (AvgIpc) is 2.33. The average molecular weight is 238 g/mol. The van der Waals surface area contributed by atoms with Crippen molar-refractivity contribution >= 4 is 11.6 Å². The van der Waals surface area contributed by atoms with Gasteiger partial charge in [0.25, 0.3) is 0 Å². The number of ether oxygens (including phenoxy) is 1. The molecule has 0 aromatic carbocycles. The predicted molar refractivity (Wildman–Crippen MR) is 63.4 cm³/mol. The molecule has 4 nitrogen and oxygen atoms in total. The number of aliphatic hydroxyl groups is 1. The third-order valence-corrected chi connectivity index (χ3v) is 2.96. The van der Waals surface area contributed by atoms with E-state index in [1.54, 1.807) is 6.92 Å². The van der Waals surface area contributed by atoms with E-state index in [0.717, 1.165) is 12.8 Å². The van der Waals surface area contributed by atoms with Crippen LogP contribution in [-0.4, -0.2) is 30.4 Å². The molecule has 0 amide bonds. The molecule has 0 aliphatic heterocycles. The Bertz CT molecular complexity index is 402. The summed E-state index contributed by atoms with van der Waals surface area (Å²) < 4.78 is 5.04. The molecule has 0 bridgehead atoms. The first-order chi connectivity index (χ1) is 8.08. The standard InChI is InChI=1S/C13H18O4/c1-4-5-6-9-12(16)10(7-14)8(2)11(15)13(9)17-3/h14H,4-7H2,1-3H3. The quantitative estimate of drug-likeness (QED) is 0.738. The molecule has 0 spiro atoms. The first-order valence-corrected chi connectivity index (χ1v) is 5.75. The smallest absolute Gasteiger partial charge is 0.224 e. The van der Waals surface area contributed by atoms with Gasteiger partial charge in [-0.25, -0.2) is 0 Å². The third-order valence-electron chi connectivity index (χ3n) is 2.96. The molecule has 4 heteroatoms. The van der Waals surface area contributed by atoms with Crippen molar-refractivity contribution in [2.75, 3.05) is 13.7 Å². The van der Waals surface area contributed by atoms with Crippen LogP contribution in [0.4, 0.5) is 0 Å². The van der Waals surface area contributed by atoms with Crippen LogP contribution in [0.1, 0.15) is 33.1 Å². The van der Waals surface area contributed by atoms with Crippen molar-refractivity contribution in [3.8, 4) is 0 Å². The van der Waals surface area contributed by atoms with Gasteiger partial charge in [0.05, 0.1) is 13.7 Å². The zero-order valence-corrected chi connectivity index (χ0v) is 10.5. The van der Waals surface area contributed by atoms with E-state index in [1.807, 2.05) is 6.92 Å². The van der Waals surface area contributed by atoms with Crippen molar-refractivity contribution in [3.63, 3.8) is 0 Å². The number of hydrogen-bond donors (Lipinski definition) is 1. The maximum absolute atomic E-state index is 12.1. The Morgan fingerprint density at radius 1 is 1.18 bits per heavy atom. The highest BCUT2D eigenvalue weighted by molar-refractivity contribution is 6.24. The molecule has 0 fully saturated rings. The molecule has 1 N–H and O–H groups in total. The number of aliphatic hydroxyl groups excluding tert-OH is 1. The molecule has 0 radical (unpaired) electrons. The second-order valence-electron chi connectivity index (χ2n) is 4.04. The second-order valence-corrected chi connectivity index (χ2v) is 4.04. The number of allylic oxidation sites excluding steroid dienone is 2. The van der Waals surface area contributed by atoms with E-state index in [0.29, 0.717) is 12.0 Å². The van der Waals surface area contributed by atoms with Gasteiger partial charge in [0.1, 0.15) is 0 Å². The van der Waals surface area contributed by atoms with Crippen molar-refractivity contribution in [2.24, 2.45) is 0 Å². The molecule has 0 aromatic rings. The van der Waals surface area contributed by atoms with Crippen LogP contribution in [0.25, 0.3) is 0 Å². The monoisotopic (exact) mass is 238 g/mol. The van der Waals surface area contributed by atoms with Crippen molar-refractivity contribution in [3.05, 3.63) is 22.5 Å². The summed E-state index contributed by atoms with van der Waals surface area (Å²) in [4.78, 5) is 24.0. The number of unbranched alkanes of at least 4 members (excludes halogenated alkanes) is 1. The predicted octanol–water partition coefficient (Wildman–Crippen LogP) is 1.54. The van der Waals surface area contributed by atoms with Crippen LogP contribution in [-0.2, 0) is 14.3 Å². The number of Topliss-reactive ketones (excluding diaryl/α,β-unsaturated/α-hetero) is 2. The second kappa shape index (κ2) is 5.77. The normalized spacial score (nSPS) is 16.9. The van der Waals surface area contributed by atoms with E-state index in [9.17, 15) is 9.59 Å². The van der Waals surface area contributed by atoms with Crippen LogP contribution in [0.15, 0.2) is 22.5 Å². The fourth-order valence-corrected chi connectivity index (χ4v) is 1.89. The molecule has 1 aliphatic rings. The van der Waals surface area contributed by atoms with Gasteiger partial charge in [-0.1, -0.05) is 13.3 Å². The summed E-state index contributed by atoms with van der Waals surface area (Å²) in [5, 5.41) is 9.16. The van der Waals surface area contributed by atoms with Crippen molar-refractivity contribution < 1.29 is 19.4 Å². The Kier molecular flexibility index (Phi) is 4.63. The van der Waals surface area contributed by atoms with E-state index >= 15 is 0 Å². The number of rotatable bonds is 5. The molecule has 0 aromatic heterocycles. The summed E-state index contributed by atoms with van der Waals surface area (Å²) >= 11 is 0. The lowest BCUT2D eigenvalue weighted by atomic mass is 9.87. The Labute approximate surface area is 101 Å². The number of carbonyl (C=O) groups excluding carboxylic acids is 2. The summed E-state index contributed by atoms with van der Waals surface area (Å²) in [6.07, 6.45) is 2.26. The lowest BCUT2D eigenvalue weighted by molar-refractivity contribution is -0.119. The van der Waals surface area contributed by atoms with E-state index in [1.165, 1.54) is 7.11 Å². The Morgan fingerprint density at radius 3 is 2.29 bits per heavy atom. The lowest BCUT2D eigenvalue weighted by Gasteiger charge is -2.20. The van der Waals surface area contributed by atoms with Gasteiger partial charge in [-0.2, -0.15) is 0 Å². The van der Waals surface area contributed by atoms with Gasteiger partial charge in [0.2, 0.25) is 5.78 Å². The Hall–Kier alpha value is -1.42. The summed E-state index contributed by atoms with van der Waals surface area (Å²) in [6.45, 7) is 3.15. The van der Waals surface area contributed by atoms with Gasteiger partial charge in [0.15, 0.2) is 11.5 Å². The molecular formula is C13H18O4. The lowest BCUT2D eigenvalue weighted by Crippen LogP contribution is -2.25. The van der Waals surface area contributed by atoms with E-state index in [-0.39, 0.29) is 28.5 Å². The van der Waals surface area contributed by atoms with Gasteiger partial charge < -0.3 is 9.84 Å². The minimum Gasteiger partial charge on any atom is -0.492 e. The number of hydrogen-bond acceptors (Lipinski definition) is 4. The molecule has 0 saturated heterocycles. The number of ketones is 2. The summed E-state index contributed by atoms with van der Waals surface area (Å²) in [5.74, 6) is -0.407. The molecule has 0 heterocycles. The fraction of sp³-hybridized carbons (Fsp3) is 0.538.